The molecule has 1 fully saturated rings. The Balaban J connectivity index is 1.46. The molecule has 0 atom stereocenters. The average Bonchev–Trinajstić information content (AvgIpc) is 2.76. The predicted octanol–water partition coefficient (Wildman–Crippen LogP) is 7.14. The van der Waals surface area contributed by atoms with Crippen molar-refractivity contribution in [2.24, 2.45) is 5.92 Å². The van der Waals surface area contributed by atoms with Gasteiger partial charge in [0.15, 0.2) is 0 Å². The van der Waals surface area contributed by atoms with Gasteiger partial charge in [-0.15, -0.1) is 0 Å². The third-order valence-corrected chi connectivity index (χ3v) is 5.88. The minimum atomic E-state index is 0.538. The molecular formula is C27H34O. The molecule has 0 bridgehead atoms. The van der Waals surface area contributed by atoms with E-state index in [-0.39, 0.29) is 0 Å². The van der Waals surface area contributed by atoms with Crippen LogP contribution in [0, 0.1) is 17.8 Å². The fourth-order valence-electron chi connectivity index (χ4n) is 3.96. The van der Waals surface area contributed by atoms with Crippen molar-refractivity contribution in [3.05, 3.63) is 65.2 Å². The predicted molar refractivity (Wildman–Crippen MR) is 119 cm³/mol. The van der Waals surface area contributed by atoms with Crippen LogP contribution in [-0.4, -0.2) is 6.61 Å². The largest absolute Gasteiger partial charge is 0.494 e. The van der Waals surface area contributed by atoms with Gasteiger partial charge in [-0.2, -0.15) is 0 Å². The van der Waals surface area contributed by atoms with E-state index >= 15 is 0 Å². The third-order valence-electron chi connectivity index (χ3n) is 5.88. The number of ether oxygens (including phenoxy) is 1. The normalized spacial score (nSPS) is 18.9. The van der Waals surface area contributed by atoms with Crippen LogP contribution >= 0.6 is 0 Å². The Morgan fingerprint density at radius 2 is 1.57 bits per heavy atom. The summed E-state index contributed by atoms with van der Waals surface area (Å²) in [6.07, 6.45) is 9.65. The van der Waals surface area contributed by atoms with E-state index in [0.717, 1.165) is 30.8 Å². The van der Waals surface area contributed by atoms with Crippen molar-refractivity contribution in [3.63, 3.8) is 0 Å². The lowest BCUT2D eigenvalue weighted by Gasteiger charge is -2.26. The maximum Gasteiger partial charge on any atom is 0.119 e. The lowest BCUT2D eigenvalue weighted by molar-refractivity contribution is 0.306. The first kappa shape index (κ1) is 20.5. The van der Waals surface area contributed by atoms with Gasteiger partial charge in [-0.3, -0.25) is 0 Å². The summed E-state index contributed by atoms with van der Waals surface area (Å²) >= 11 is 0. The van der Waals surface area contributed by atoms with Gasteiger partial charge in [0.2, 0.25) is 0 Å². The van der Waals surface area contributed by atoms with Gasteiger partial charge in [0.1, 0.15) is 5.75 Å². The Morgan fingerprint density at radius 3 is 2.21 bits per heavy atom. The lowest BCUT2D eigenvalue weighted by Crippen LogP contribution is -2.12. The Hall–Kier alpha value is -2.20. The van der Waals surface area contributed by atoms with Crippen molar-refractivity contribution in [1.29, 1.82) is 0 Å². The Labute approximate surface area is 171 Å². The molecule has 0 unspecified atom stereocenters. The van der Waals surface area contributed by atoms with Crippen LogP contribution in [0.3, 0.4) is 0 Å². The molecule has 0 saturated heterocycles. The lowest BCUT2D eigenvalue weighted by atomic mass is 9.79. The van der Waals surface area contributed by atoms with E-state index in [4.69, 9.17) is 4.74 Å². The zero-order valence-corrected chi connectivity index (χ0v) is 17.5. The third kappa shape index (κ3) is 6.16. The first-order valence-electron chi connectivity index (χ1n) is 11.1. The second-order valence-electron chi connectivity index (χ2n) is 7.99. The molecule has 0 radical (unpaired) electrons. The molecule has 0 N–H and O–H groups in total. The topological polar surface area (TPSA) is 9.23 Å². The molecule has 1 saturated carbocycles. The highest BCUT2D eigenvalue weighted by Crippen LogP contribution is 2.35. The number of rotatable bonds is 7. The molecule has 3 rings (SSSR count). The number of unbranched alkanes of at least 4 members (excludes halogenated alkanes) is 2. The van der Waals surface area contributed by atoms with E-state index in [9.17, 15) is 0 Å². The summed E-state index contributed by atoms with van der Waals surface area (Å²) in [5, 5.41) is 0. The van der Waals surface area contributed by atoms with Gasteiger partial charge in [0.05, 0.1) is 6.61 Å². The van der Waals surface area contributed by atoms with Crippen LogP contribution in [-0.2, 0) is 6.42 Å². The molecule has 1 nitrogen and oxygen atoms in total. The van der Waals surface area contributed by atoms with Gasteiger partial charge in [0.25, 0.3) is 0 Å². The molecule has 1 aliphatic carbocycles. The van der Waals surface area contributed by atoms with E-state index in [1.165, 1.54) is 49.7 Å². The van der Waals surface area contributed by atoms with Crippen LogP contribution in [0.2, 0.25) is 0 Å². The van der Waals surface area contributed by atoms with Gasteiger partial charge >= 0.3 is 0 Å². The van der Waals surface area contributed by atoms with Crippen molar-refractivity contribution < 1.29 is 4.74 Å². The zero-order valence-electron chi connectivity index (χ0n) is 17.5. The van der Waals surface area contributed by atoms with Gasteiger partial charge < -0.3 is 4.74 Å². The molecule has 28 heavy (non-hydrogen) atoms. The summed E-state index contributed by atoms with van der Waals surface area (Å²) in [5.74, 6) is 9.11. The molecule has 0 heterocycles. The van der Waals surface area contributed by atoms with Crippen molar-refractivity contribution in [3.8, 4) is 17.6 Å². The van der Waals surface area contributed by atoms with Gasteiger partial charge in [-0.1, -0.05) is 62.8 Å². The SMILES string of the molecule is CCCCCOc1ccc(C#CC2CCC(c3ccc(CC)cc3)CC2)cc1. The van der Waals surface area contributed by atoms with Gasteiger partial charge in [-0.05, 0) is 79.8 Å². The standard InChI is InChI=1S/C27H34O/c1-3-5-6-21-28-27-19-13-24(14-20-27)8-7-23-11-17-26(18-12-23)25-15-9-22(4-2)10-16-25/h9-10,13-16,19-20,23,26H,3-6,11-12,17-18,21H2,1-2H3. The molecule has 0 amide bonds. The fourth-order valence-corrected chi connectivity index (χ4v) is 3.96. The maximum absolute atomic E-state index is 5.78. The average molecular weight is 375 g/mol. The molecule has 2 aromatic rings. The molecule has 0 spiro atoms. The van der Waals surface area contributed by atoms with Crippen LogP contribution < -0.4 is 4.74 Å². The summed E-state index contributed by atoms with van der Waals surface area (Å²) in [6, 6.07) is 17.5. The molecule has 2 aromatic carbocycles. The molecule has 1 heteroatoms. The fraction of sp³-hybridized carbons (Fsp3) is 0.481. The number of hydrogen-bond donors (Lipinski definition) is 0. The molecular weight excluding hydrogens is 340 g/mol. The Kier molecular flexibility index (Phi) is 8.04. The van der Waals surface area contributed by atoms with Crippen molar-refractivity contribution in [2.45, 2.75) is 71.1 Å². The number of benzene rings is 2. The minimum absolute atomic E-state index is 0.538. The smallest absolute Gasteiger partial charge is 0.119 e. The molecule has 148 valence electrons. The highest BCUT2D eigenvalue weighted by Gasteiger charge is 2.21. The van der Waals surface area contributed by atoms with E-state index in [1.807, 2.05) is 12.1 Å². The van der Waals surface area contributed by atoms with E-state index in [1.54, 1.807) is 0 Å². The summed E-state index contributed by atoms with van der Waals surface area (Å²) in [4.78, 5) is 0. The van der Waals surface area contributed by atoms with Crippen molar-refractivity contribution >= 4 is 0 Å². The second kappa shape index (κ2) is 11.0. The summed E-state index contributed by atoms with van der Waals surface area (Å²) in [6.45, 7) is 5.24. The van der Waals surface area contributed by atoms with Crippen LogP contribution in [0.1, 0.15) is 81.4 Å². The molecule has 0 aromatic heterocycles. The van der Waals surface area contributed by atoms with E-state index in [0.29, 0.717) is 11.8 Å². The summed E-state index contributed by atoms with van der Waals surface area (Å²) in [5.41, 5.74) is 4.04. The zero-order chi connectivity index (χ0) is 19.6. The van der Waals surface area contributed by atoms with Crippen LogP contribution in [0.4, 0.5) is 0 Å². The number of hydrogen-bond acceptors (Lipinski definition) is 1. The van der Waals surface area contributed by atoms with Gasteiger partial charge in [0, 0.05) is 11.5 Å². The Morgan fingerprint density at radius 1 is 0.857 bits per heavy atom. The number of aryl methyl sites for hydroxylation is 1. The van der Waals surface area contributed by atoms with Gasteiger partial charge in [-0.25, -0.2) is 0 Å². The second-order valence-corrected chi connectivity index (χ2v) is 7.99. The first-order valence-corrected chi connectivity index (χ1v) is 11.1. The first-order chi connectivity index (χ1) is 13.8. The van der Waals surface area contributed by atoms with Crippen LogP contribution in [0.25, 0.3) is 0 Å². The van der Waals surface area contributed by atoms with Crippen LogP contribution in [0.15, 0.2) is 48.5 Å². The Bertz CT molecular complexity index is 753. The van der Waals surface area contributed by atoms with Crippen molar-refractivity contribution in [1.82, 2.24) is 0 Å². The van der Waals surface area contributed by atoms with Crippen LogP contribution in [0.5, 0.6) is 5.75 Å². The maximum atomic E-state index is 5.78. The summed E-state index contributed by atoms with van der Waals surface area (Å²) in [7, 11) is 0. The highest BCUT2D eigenvalue weighted by molar-refractivity contribution is 5.38. The quantitative estimate of drug-likeness (QED) is 0.369. The van der Waals surface area contributed by atoms with Crippen molar-refractivity contribution in [2.75, 3.05) is 6.61 Å². The van der Waals surface area contributed by atoms with E-state index in [2.05, 4.69) is 62.1 Å². The monoisotopic (exact) mass is 374 g/mol. The highest BCUT2D eigenvalue weighted by atomic mass is 16.5. The molecule has 0 aliphatic heterocycles. The molecule has 1 aliphatic rings. The minimum Gasteiger partial charge on any atom is -0.494 e. The summed E-state index contributed by atoms with van der Waals surface area (Å²) < 4.78 is 5.78. The van der Waals surface area contributed by atoms with E-state index < -0.39 is 0 Å².